The highest BCUT2D eigenvalue weighted by Crippen LogP contribution is 2.28. The molecule has 31 heavy (non-hydrogen) atoms. The fourth-order valence-corrected chi connectivity index (χ4v) is 3.10. The van der Waals surface area contributed by atoms with Crippen molar-refractivity contribution in [3.8, 4) is 5.75 Å². The van der Waals surface area contributed by atoms with E-state index in [0.717, 1.165) is 5.56 Å². The lowest BCUT2D eigenvalue weighted by Gasteiger charge is -2.15. The summed E-state index contributed by atoms with van der Waals surface area (Å²) in [5.41, 5.74) is 1.96. The average molecular weight is 457 g/mol. The topological polar surface area (TPSA) is 58.6 Å². The number of rotatable bonds is 7. The van der Waals surface area contributed by atoms with Gasteiger partial charge in [0.15, 0.2) is 0 Å². The Bertz CT molecular complexity index is 1010. The van der Waals surface area contributed by atoms with Crippen molar-refractivity contribution in [3.05, 3.63) is 76.1 Å². The molecule has 1 aliphatic heterocycles. The summed E-state index contributed by atoms with van der Waals surface area (Å²) in [5.74, 6) is -1.99. The second kappa shape index (κ2) is 9.38. The van der Waals surface area contributed by atoms with Crippen LogP contribution in [0.4, 0.5) is 17.6 Å². The molecule has 5 nitrogen and oxygen atoms in total. The molecule has 10 heteroatoms. The molecule has 1 aliphatic rings. The maximum absolute atomic E-state index is 12.9. The third kappa shape index (κ3) is 5.75. The highest BCUT2D eigenvalue weighted by Gasteiger charge is 2.38. The summed E-state index contributed by atoms with van der Waals surface area (Å²) < 4.78 is 55.0. The molecule has 0 bridgehead atoms. The summed E-state index contributed by atoms with van der Waals surface area (Å²) in [6.45, 7) is -0.265. The van der Waals surface area contributed by atoms with E-state index in [0.29, 0.717) is 35.0 Å². The van der Waals surface area contributed by atoms with Crippen molar-refractivity contribution in [3.63, 3.8) is 0 Å². The van der Waals surface area contributed by atoms with E-state index in [1.165, 1.54) is 6.07 Å². The second-order valence-electron chi connectivity index (χ2n) is 6.84. The van der Waals surface area contributed by atoms with Crippen LogP contribution in [0.25, 0.3) is 0 Å². The van der Waals surface area contributed by atoms with E-state index in [1.807, 2.05) is 12.1 Å². The fourth-order valence-electron chi connectivity index (χ4n) is 2.98. The largest absolute Gasteiger partial charge is 0.489 e. The molecule has 1 N–H and O–H groups in total. The molecule has 2 aromatic carbocycles. The molecule has 0 saturated heterocycles. The Kier molecular flexibility index (Phi) is 6.84. The predicted molar refractivity (Wildman–Crippen MR) is 105 cm³/mol. The van der Waals surface area contributed by atoms with Gasteiger partial charge in [-0.2, -0.15) is 13.2 Å². The predicted octanol–water partition coefficient (Wildman–Crippen LogP) is 4.41. The van der Waals surface area contributed by atoms with Gasteiger partial charge in [-0.1, -0.05) is 23.7 Å². The van der Waals surface area contributed by atoms with Crippen LogP contribution in [0.1, 0.15) is 21.5 Å². The molecule has 0 aromatic heterocycles. The SMILES string of the molecule is O=C1c2ccc(OC/C(=C/F)CNC(=O)C(F)(F)F)cc2CN1Cc1ccc(Cl)cc1. The van der Waals surface area contributed by atoms with Gasteiger partial charge < -0.3 is 15.0 Å². The Morgan fingerprint density at radius 3 is 2.55 bits per heavy atom. The molecule has 0 saturated carbocycles. The Labute approximate surface area is 180 Å². The van der Waals surface area contributed by atoms with E-state index in [1.54, 1.807) is 34.5 Å². The fraction of sp³-hybridized carbons (Fsp3) is 0.238. The van der Waals surface area contributed by atoms with E-state index >= 15 is 0 Å². The average Bonchev–Trinajstić information content (AvgIpc) is 3.03. The molecule has 2 amide bonds. The minimum Gasteiger partial charge on any atom is -0.489 e. The molecule has 0 radical (unpaired) electrons. The summed E-state index contributed by atoms with van der Waals surface area (Å²) >= 11 is 5.87. The van der Waals surface area contributed by atoms with Crippen LogP contribution in [0, 0.1) is 0 Å². The number of ether oxygens (including phenoxy) is 1. The zero-order valence-electron chi connectivity index (χ0n) is 16.0. The van der Waals surface area contributed by atoms with Gasteiger partial charge in [-0.3, -0.25) is 9.59 Å². The third-order valence-electron chi connectivity index (χ3n) is 4.55. The van der Waals surface area contributed by atoms with Gasteiger partial charge in [0.25, 0.3) is 5.91 Å². The minimum absolute atomic E-state index is 0.0847. The summed E-state index contributed by atoms with van der Waals surface area (Å²) in [7, 11) is 0. The number of alkyl halides is 3. The first kappa shape index (κ1) is 22.6. The standard InChI is InChI=1S/C21H17ClF4N2O3/c22-16-3-1-13(2-4-16)10-28-11-15-7-17(5-6-18(15)19(28)29)31-12-14(8-23)9-27-20(30)21(24,25)26/h1-8H,9-12H2,(H,27,30)/b14-8+. The number of carbonyl (C=O) groups is 2. The molecular weight excluding hydrogens is 440 g/mol. The Hall–Kier alpha value is -3.07. The quantitative estimate of drug-likeness (QED) is 0.628. The monoisotopic (exact) mass is 456 g/mol. The molecule has 2 aromatic rings. The van der Waals surface area contributed by atoms with Gasteiger partial charge in [-0.15, -0.1) is 0 Å². The second-order valence-corrected chi connectivity index (χ2v) is 7.28. The number of carbonyl (C=O) groups excluding carboxylic acids is 2. The van der Waals surface area contributed by atoms with Crippen molar-refractivity contribution < 1.29 is 31.9 Å². The van der Waals surface area contributed by atoms with Gasteiger partial charge in [0.1, 0.15) is 12.4 Å². The van der Waals surface area contributed by atoms with Crippen LogP contribution < -0.4 is 10.1 Å². The lowest BCUT2D eigenvalue weighted by Crippen LogP contribution is -2.38. The van der Waals surface area contributed by atoms with Crippen molar-refractivity contribution in [1.29, 1.82) is 0 Å². The molecule has 0 aliphatic carbocycles. The van der Waals surface area contributed by atoms with Crippen molar-refractivity contribution in [2.24, 2.45) is 0 Å². The van der Waals surface area contributed by atoms with E-state index in [2.05, 4.69) is 0 Å². The highest BCUT2D eigenvalue weighted by atomic mass is 35.5. The number of benzene rings is 2. The first-order valence-corrected chi connectivity index (χ1v) is 9.48. The van der Waals surface area contributed by atoms with E-state index < -0.39 is 18.6 Å². The van der Waals surface area contributed by atoms with E-state index in [4.69, 9.17) is 16.3 Å². The van der Waals surface area contributed by atoms with Crippen LogP contribution in [0.3, 0.4) is 0 Å². The Balaban J connectivity index is 1.58. The van der Waals surface area contributed by atoms with Crippen LogP contribution in [0.2, 0.25) is 5.02 Å². The van der Waals surface area contributed by atoms with Crippen molar-refractivity contribution in [1.82, 2.24) is 10.2 Å². The molecule has 3 rings (SSSR count). The van der Waals surface area contributed by atoms with Crippen molar-refractivity contribution in [2.75, 3.05) is 13.2 Å². The number of nitrogens with zero attached hydrogens (tertiary/aromatic N) is 1. The Morgan fingerprint density at radius 1 is 1.19 bits per heavy atom. The van der Waals surface area contributed by atoms with Crippen molar-refractivity contribution in [2.45, 2.75) is 19.3 Å². The third-order valence-corrected chi connectivity index (χ3v) is 4.81. The first-order chi connectivity index (χ1) is 14.7. The summed E-state index contributed by atoms with van der Waals surface area (Å²) in [6, 6.07) is 11.9. The van der Waals surface area contributed by atoms with Crippen LogP contribution >= 0.6 is 11.6 Å². The van der Waals surface area contributed by atoms with Crippen LogP contribution in [0.15, 0.2) is 54.4 Å². The van der Waals surface area contributed by atoms with Gasteiger partial charge in [0.05, 0.1) is 6.33 Å². The normalized spacial score (nSPS) is 13.9. The first-order valence-electron chi connectivity index (χ1n) is 9.10. The van der Waals surface area contributed by atoms with Gasteiger partial charge >= 0.3 is 12.1 Å². The number of halogens is 5. The highest BCUT2D eigenvalue weighted by molar-refractivity contribution is 6.30. The van der Waals surface area contributed by atoms with E-state index in [9.17, 15) is 27.2 Å². The zero-order chi connectivity index (χ0) is 22.6. The summed E-state index contributed by atoms with van der Waals surface area (Å²) in [4.78, 5) is 25.1. The molecule has 0 spiro atoms. The molecule has 164 valence electrons. The summed E-state index contributed by atoms with van der Waals surface area (Å²) in [5, 5.41) is 2.18. The molecular formula is C21H17ClF4N2O3. The van der Waals surface area contributed by atoms with E-state index in [-0.39, 0.29) is 24.4 Å². The van der Waals surface area contributed by atoms with Gasteiger partial charge in [-0.25, -0.2) is 4.39 Å². The Morgan fingerprint density at radius 2 is 1.90 bits per heavy atom. The number of fused-ring (bicyclic) bond motifs is 1. The molecule has 0 unspecified atom stereocenters. The molecule has 0 atom stereocenters. The zero-order valence-corrected chi connectivity index (χ0v) is 16.8. The van der Waals surface area contributed by atoms with Crippen LogP contribution in [-0.2, 0) is 17.9 Å². The number of hydrogen-bond acceptors (Lipinski definition) is 3. The smallest absolute Gasteiger partial charge is 0.471 e. The lowest BCUT2D eigenvalue weighted by atomic mass is 10.1. The molecule has 0 fully saturated rings. The number of nitrogens with one attached hydrogen (secondary N) is 1. The van der Waals surface area contributed by atoms with Gasteiger partial charge in [-0.05, 0) is 41.5 Å². The van der Waals surface area contributed by atoms with Crippen molar-refractivity contribution >= 4 is 23.4 Å². The maximum Gasteiger partial charge on any atom is 0.471 e. The number of hydrogen-bond donors (Lipinski definition) is 1. The summed E-state index contributed by atoms with van der Waals surface area (Å²) in [6.07, 6.45) is -4.96. The number of amides is 2. The maximum atomic E-state index is 12.9. The lowest BCUT2D eigenvalue weighted by molar-refractivity contribution is -0.173. The van der Waals surface area contributed by atoms with Crippen LogP contribution in [0.5, 0.6) is 5.75 Å². The van der Waals surface area contributed by atoms with Gasteiger partial charge in [0.2, 0.25) is 0 Å². The minimum atomic E-state index is -5.05. The van der Waals surface area contributed by atoms with Crippen LogP contribution in [-0.4, -0.2) is 36.0 Å². The molecule has 1 heterocycles. The van der Waals surface area contributed by atoms with Gasteiger partial charge in [0, 0.05) is 35.8 Å².